The Kier molecular flexibility index (Phi) is 5.28. The van der Waals surface area contributed by atoms with Gasteiger partial charge in [0.25, 0.3) is 12.1 Å². The van der Waals surface area contributed by atoms with Crippen molar-refractivity contribution in [3.8, 4) is 5.69 Å². The van der Waals surface area contributed by atoms with E-state index in [0.29, 0.717) is 17.4 Å². The molecule has 0 saturated heterocycles. The van der Waals surface area contributed by atoms with Crippen molar-refractivity contribution in [2.75, 3.05) is 0 Å². The van der Waals surface area contributed by atoms with Crippen LogP contribution in [0.25, 0.3) is 5.69 Å². The highest BCUT2D eigenvalue weighted by Gasteiger charge is 2.45. The number of hydrogen-bond donors (Lipinski definition) is 0. The van der Waals surface area contributed by atoms with E-state index in [2.05, 4.69) is 4.99 Å². The number of carbonyl (C=O) groups excluding carboxylic acids is 1. The Hall–Kier alpha value is -1.88. The van der Waals surface area contributed by atoms with Crippen LogP contribution < -0.4 is 4.80 Å². The van der Waals surface area contributed by atoms with Gasteiger partial charge in [0.1, 0.15) is 4.34 Å². The molecule has 136 valence electrons. The third-order valence-electron chi connectivity index (χ3n) is 2.79. The van der Waals surface area contributed by atoms with Gasteiger partial charge in [-0.3, -0.25) is 9.36 Å². The van der Waals surface area contributed by atoms with Crippen molar-refractivity contribution in [1.82, 2.24) is 4.57 Å². The molecule has 0 aliphatic carbocycles. The molecular formula is C13H6ClF7N2OS. The summed E-state index contributed by atoms with van der Waals surface area (Å²) in [6.07, 6.45) is -12.9. The number of hydrogen-bond acceptors (Lipinski definition) is 2. The van der Waals surface area contributed by atoms with Gasteiger partial charge in [0, 0.05) is 11.9 Å². The van der Waals surface area contributed by atoms with Crippen molar-refractivity contribution < 1.29 is 35.5 Å². The van der Waals surface area contributed by atoms with Gasteiger partial charge < -0.3 is 0 Å². The lowest BCUT2D eigenvalue weighted by atomic mass is 10.2. The van der Waals surface area contributed by atoms with Crippen LogP contribution in [0.2, 0.25) is 4.34 Å². The second-order valence-corrected chi connectivity index (χ2v) is 6.23. The topological polar surface area (TPSA) is 34.4 Å². The molecule has 0 saturated carbocycles. The molecule has 0 radical (unpaired) electrons. The highest BCUT2D eigenvalue weighted by atomic mass is 35.5. The van der Waals surface area contributed by atoms with Crippen LogP contribution in [-0.2, 0) is 11.0 Å². The van der Waals surface area contributed by atoms with Crippen LogP contribution in [-0.4, -0.2) is 22.8 Å². The van der Waals surface area contributed by atoms with E-state index >= 15 is 0 Å². The molecule has 25 heavy (non-hydrogen) atoms. The Morgan fingerprint density at radius 3 is 2.40 bits per heavy atom. The summed E-state index contributed by atoms with van der Waals surface area (Å²) in [6.45, 7) is 0. The van der Waals surface area contributed by atoms with Crippen molar-refractivity contribution in [2.24, 2.45) is 4.99 Å². The molecule has 3 nitrogen and oxygen atoms in total. The van der Waals surface area contributed by atoms with Gasteiger partial charge in [-0.25, -0.2) is 4.39 Å². The number of thiazole rings is 1. The lowest BCUT2D eigenvalue weighted by molar-refractivity contribution is -0.185. The van der Waals surface area contributed by atoms with Crippen LogP contribution in [0.5, 0.6) is 0 Å². The first-order valence-corrected chi connectivity index (χ1v) is 7.44. The van der Waals surface area contributed by atoms with E-state index in [-0.39, 0.29) is 10.0 Å². The Morgan fingerprint density at radius 2 is 1.84 bits per heavy atom. The zero-order chi connectivity index (χ0) is 19.0. The van der Waals surface area contributed by atoms with Gasteiger partial charge in [0.05, 0.1) is 5.56 Å². The quantitative estimate of drug-likeness (QED) is 0.674. The van der Waals surface area contributed by atoms with E-state index in [4.69, 9.17) is 11.6 Å². The first kappa shape index (κ1) is 19.4. The molecular weight excluding hydrogens is 401 g/mol. The molecule has 1 heterocycles. The SMILES string of the molecule is O=C(N=c1sc(Cl)cn1-c1cccc(C(F)(F)F)c1)C(F)C(F)(F)F. The van der Waals surface area contributed by atoms with Crippen molar-refractivity contribution in [3.63, 3.8) is 0 Å². The summed E-state index contributed by atoms with van der Waals surface area (Å²) in [5.41, 5.74) is -1.19. The highest BCUT2D eigenvalue weighted by Crippen LogP contribution is 2.30. The summed E-state index contributed by atoms with van der Waals surface area (Å²) < 4.78 is 88.7. The Morgan fingerprint density at radius 1 is 1.20 bits per heavy atom. The fraction of sp³-hybridized carbons (Fsp3) is 0.231. The van der Waals surface area contributed by atoms with Crippen LogP contribution in [0.4, 0.5) is 30.7 Å². The molecule has 0 N–H and O–H groups in total. The zero-order valence-corrected chi connectivity index (χ0v) is 13.3. The maximum Gasteiger partial charge on any atom is 0.428 e. The minimum absolute atomic E-state index is 0.0774. The number of rotatable bonds is 2. The smallest absolute Gasteiger partial charge is 0.291 e. The molecule has 2 rings (SSSR count). The molecule has 1 atom stereocenters. The second-order valence-electron chi connectivity index (χ2n) is 4.59. The lowest BCUT2D eigenvalue weighted by Crippen LogP contribution is -2.33. The molecule has 0 fully saturated rings. The van der Waals surface area contributed by atoms with Gasteiger partial charge >= 0.3 is 12.4 Å². The van der Waals surface area contributed by atoms with Crippen molar-refractivity contribution in [2.45, 2.75) is 18.5 Å². The van der Waals surface area contributed by atoms with E-state index < -0.39 is 34.8 Å². The summed E-state index contributed by atoms with van der Waals surface area (Å²) in [5.74, 6) is -2.13. The number of amides is 1. The van der Waals surface area contributed by atoms with Gasteiger partial charge in [-0.2, -0.15) is 31.3 Å². The molecule has 12 heteroatoms. The molecule has 2 aromatic rings. The number of nitrogens with zero attached hydrogens (tertiary/aromatic N) is 2. The average molecular weight is 407 g/mol. The molecule has 1 amide bonds. The van der Waals surface area contributed by atoms with Gasteiger partial charge in [-0.15, -0.1) is 0 Å². The van der Waals surface area contributed by atoms with Crippen LogP contribution in [0.1, 0.15) is 5.56 Å². The van der Waals surface area contributed by atoms with E-state index in [1.807, 2.05) is 0 Å². The second kappa shape index (κ2) is 6.79. The third kappa shape index (κ3) is 4.60. The molecule has 0 spiro atoms. The Labute approximate surface area is 144 Å². The van der Waals surface area contributed by atoms with Crippen molar-refractivity contribution in [1.29, 1.82) is 0 Å². The van der Waals surface area contributed by atoms with Gasteiger partial charge in [0.15, 0.2) is 4.80 Å². The van der Waals surface area contributed by atoms with Gasteiger partial charge in [-0.1, -0.05) is 29.0 Å². The fourth-order valence-corrected chi connectivity index (χ4v) is 2.73. The Balaban J connectivity index is 2.53. The highest BCUT2D eigenvalue weighted by molar-refractivity contribution is 7.13. The minimum atomic E-state index is -5.44. The molecule has 1 aromatic heterocycles. The predicted octanol–water partition coefficient (Wildman–Crippen LogP) is 4.54. The standard InChI is InChI=1S/C13H6ClF7N2OS/c14-8-5-23(7-3-1-2-6(4-7)12(16,17)18)11(25-8)22-10(24)9(15)13(19,20)21/h1-5,9H. The summed E-state index contributed by atoms with van der Waals surface area (Å²) in [7, 11) is 0. The number of halogens is 8. The number of aromatic nitrogens is 1. The van der Waals surface area contributed by atoms with E-state index in [9.17, 15) is 35.5 Å². The zero-order valence-electron chi connectivity index (χ0n) is 11.7. The Bertz CT molecular complexity index is 853. The summed E-state index contributed by atoms with van der Waals surface area (Å²) in [5, 5.41) is 0. The van der Waals surface area contributed by atoms with Crippen LogP contribution in [0.3, 0.4) is 0 Å². The largest absolute Gasteiger partial charge is 0.428 e. The molecule has 1 aromatic carbocycles. The molecule has 1 unspecified atom stereocenters. The first-order valence-electron chi connectivity index (χ1n) is 6.24. The van der Waals surface area contributed by atoms with Gasteiger partial charge in [-0.05, 0) is 18.2 Å². The minimum Gasteiger partial charge on any atom is -0.291 e. The van der Waals surface area contributed by atoms with Crippen LogP contribution in [0, 0.1) is 0 Å². The average Bonchev–Trinajstić information content (AvgIpc) is 2.85. The number of benzene rings is 1. The van der Waals surface area contributed by atoms with Crippen molar-refractivity contribution in [3.05, 3.63) is 45.2 Å². The maximum absolute atomic E-state index is 13.0. The molecule has 0 bridgehead atoms. The summed E-state index contributed by atoms with van der Waals surface area (Å²) in [4.78, 5) is 13.8. The summed E-state index contributed by atoms with van der Waals surface area (Å²) >= 11 is 6.19. The monoisotopic (exact) mass is 406 g/mol. The third-order valence-corrected chi connectivity index (χ3v) is 3.89. The van der Waals surface area contributed by atoms with Crippen molar-refractivity contribution >= 4 is 28.8 Å². The molecule has 0 aliphatic rings. The fourth-order valence-electron chi connectivity index (χ4n) is 1.70. The number of carbonyl (C=O) groups is 1. The van der Waals surface area contributed by atoms with E-state index in [1.54, 1.807) is 0 Å². The number of alkyl halides is 7. The predicted molar refractivity (Wildman–Crippen MR) is 75.2 cm³/mol. The van der Waals surface area contributed by atoms with E-state index in [1.165, 1.54) is 6.07 Å². The summed E-state index contributed by atoms with van der Waals surface area (Å²) in [6, 6.07) is 3.71. The first-order chi connectivity index (χ1) is 11.4. The molecule has 0 aliphatic heterocycles. The lowest BCUT2D eigenvalue weighted by Gasteiger charge is -2.10. The van der Waals surface area contributed by atoms with E-state index in [0.717, 1.165) is 22.9 Å². The van der Waals surface area contributed by atoms with Crippen LogP contribution in [0.15, 0.2) is 35.5 Å². The normalized spacial score (nSPS) is 14.6. The maximum atomic E-state index is 13.0. The van der Waals surface area contributed by atoms with Gasteiger partial charge in [0.2, 0.25) is 0 Å². The van der Waals surface area contributed by atoms with Crippen LogP contribution >= 0.6 is 22.9 Å².